The van der Waals surface area contributed by atoms with Gasteiger partial charge in [-0.1, -0.05) is 17.7 Å². The maximum atomic E-state index is 12.5. The Morgan fingerprint density at radius 3 is 2.11 bits per heavy atom. The molecule has 0 bridgehead atoms. The Morgan fingerprint density at radius 2 is 1.50 bits per heavy atom. The molecule has 0 radical (unpaired) electrons. The van der Waals surface area contributed by atoms with Gasteiger partial charge in [0.2, 0.25) is 0 Å². The highest BCUT2D eigenvalue weighted by molar-refractivity contribution is 6.30. The molecule has 1 aromatic heterocycles. The maximum Gasteiger partial charge on any atom is 0.321 e. The Labute approximate surface area is 170 Å². The predicted octanol–water partition coefficient (Wildman–Crippen LogP) is 3.47. The molecule has 1 N–H and O–H groups in total. The molecule has 2 saturated heterocycles. The van der Waals surface area contributed by atoms with Gasteiger partial charge in [-0.05, 0) is 49.6 Å². The zero-order valence-corrected chi connectivity index (χ0v) is 16.6. The summed E-state index contributed by atoms with van der Waals surface area (Å²) >= 11 is 5.97. The Hall–Kier alpha value is -2.54. The van der Waals surface area contributed by atoms with E-state index in [1.54, 1.807) is 12.1 Å². The van der Waals surface area contributed by atoms with Crippen molar-refractivity contribution in [3.8, 4) is 0 Å². The van der Waals surface area contributed by atoms with Crippen molar-refractivity contribution >= 4 is 35.0 Å². The van der Waals surface area contributed by atoms with Gasteiger partial charge >= 0.3 is 6.03 Å². The normalized spacial score (nSPS) is 17.5. The van der Waals surface area contributed by atoms with Crippen LogP contribution in [-0.4, -0.2) is 60.4 Å². The SMILES string of the molecule is O=C(Nc1cccc(Cl)c1)N1CCN(c2ccc(N3CCCCC3)nn2)CC1. The molecule has 2 aliphatic heterocycles. The number of carbonyl (C=O) groups is 1. The molecule has 8 heteroatoms. The summed E-state index contributed by atoms with van der Waals surface area (Å²) in [6, 6.07) is 11.2. The van der Waals surface area contributed by atoms with Crippen molar-refractivity contribution in [3.05, 3.63) is 41.4 Å². The lowest BCUT2D eigenvalue weighted by Gasteiger charge is -2.35. The number of hydrogen-bond donors (Lipinski definition) is 1. The molecule has 0 aliphatic carbocycles. The Morgan fingerprint density at radius 1 is 0.857 bits per heavy atom. The number of rotatable bonds is 3. The van der Waals surface area contributed by atoms with Crippen LogP contribution in [0.2, 0.25) is 5.02 Å². The van der Waals surface area contributed by atoms with Gasteiger partial charge in [0, 0.05) is 50.0 Å². The third-order valence-corrected chi connectivity index (χ3v) is 5.52. The molecule has 0 unspecified atom stereocenters. The van der Waals surface area contributed by atoms with E-state index in [4.69, 9.17) is 11.6 Å². The second kappa shape index (κ2) is 8.65. The van der Waals surface area contributed by atoms with E-state index < -0.39 is 0 Å². The largest absolute Gasteiger partial charge is 0.355 e. The fraction of sp³-hybridized carbons (Fsp3) is 0.450. The van der Waals surface area contributed by atoms with Crippen LogP contribution in [0.5, 0.6) is 0 Å². The number of amides is 2. The van der Waals surface area contributed by atoms with Gasteiger partial charge in [-0.3, -0.25) is 0 Å². The van der Waals surface area contributed by atoms with Crippen LogP contribution in [0.25, 0.3) is 0 Å². The third-order valence-electron chi connectivity index (χ3n) is 5.28. The van der Waals surface area contributed by atoms with Gasteiger partial charge in [0.25, 0.3) is 0 Å². The molecule has 148 valence electrons. The number of carbonyl (C=O) groups excluding carboxylic acids is 1. The Bertz CT molecular complexity index is 801. The van der Waals surface area contributed by atoms with E-state index in [1.807, 2.05) is 23.1 Å². The summed E-state index contributed by atoms with van der Waals surface area (Å²) in [5.74, 6) is 1.83. The van der Waals surface area contributed by atoms with Crippen LogP contribution in [0.4, 0.5) is 22.1 Å². The molecule has 3 heterocycles. The highest BCUT2D eigenvalue weighted by Gasteiger charge is 2.22. The van der Waals surface area contributed by atoms with Crippen LogP contribution in [0.3, 0.4) is 0 Å². The quantitative estimate of drug-likeness (QED) is 0.854. The minimum absolute atomic E-state index is 0.103. The fourth-order valence-corrected chi connectivity index (χ4v) is 3.88. The van der Waals surface area contributed by atoms with Crippen LogP contribution in [-0.2, 0) is 0 Å². The molecular formula is C20H25ClN6O. The average molecular weight is 401 g/mol. The first-order valence-corrected chi connectivity index (χ1v) is 10.2. The van der Waals surface area contributed by atoms with E-state index in [-0.39, 0.29) is 6.03 Å². The summed E-state index contributed by atoms with van der Waals surface area (Å²) < 4.78 is 0. The van der Waals surface area contributed by atoms with Gasteiger partial charge in [-0.25, -0.2) is 4.79 Å². The molecule has 0 spiro atoms. The minimum Gasteiger partial charge on any atom is -0.355 e. The zero-order valence-electron chi connectivity index (χ0n) is 15.9. The summed E-state index contributed by atoms with van der Waals surface area (Å²) in [7, 11) is 0. The molecule has 2 fully saturated rings. The van der Waals surface area contributed by atoms with Crippen molar-refractivity contribution in [2.24, 2.45) is 0 Å². The summed E-state index contributed by atoms with van der Waals surface area (Å²) in [4.78, 5) is 18.8. The van der Waals surface area contributed by atoms with Crippen LogP contribution in [0.1, 0.15) is 19.3 Å². The van der Waals surface area contributed by atoms with Gasteiger partial charge in [0.1, 0.15) is 0 Å². The van der Waals surface area contributed by atoms with Gasteiger partial charge in [0.05, 0.1) is 0 Å². The first-order valence-electron chi connectivity index (χ1n) is 9.84. The molecule has 2 amide bonds. The fourth-order valence-electron chi connectivity index (χ4n) is 3.69. The second-order valence-electron chi connectivity index (χ2n) is 7.21. The molecule has 0 saturated carbocycles. The highest BCUT2D eigenvalue weighted by Crippen LogP contribution is 2.20. The van der Waals surface area contributed by atoms with E-state index in [2.05, 4.69) is 31.4 Å². The third kappa shape index (κ3) is 4.47. The van der Waals surface area contributed by atoms with Crippen molar-refractivity contribution in [2.45, 2.75) is 19.3 Å². The van der Waals surface area contributed by atoms with Gasteiger partial charge < -0.3 is 20.0 Å². The lowest BCUT2D eigenvalue weighted by molar-refractivity contribution is 0.208. The number of piperazine rings is 1. The average Bonchev–Trinajstić information content (AvgIpc) is 2.75. The number of piperidine rings is 1. The molecule has 4 rings (SSSR count). The predicted molar refractivity (Wildman–Crippen MR) is 112 cm³/mol. The number of nitrogens with one attached hydrogen (secondary N) is 1. The molecule has 7 nitrogen and oxygen atoms in total. The molecule has 2 aliphatic rings. The van der Waals surface area contributed by atoms with Crippen molar-refractivity contribution in [2.75, 3.05) is 54.4 Å². The minimum atomic E-state index is -0.103. The lowest BCUT2D eigenvalue weighted by Crippen LogP contribution is -2.50. The zero-order chi connectivity index (χ0) is 19.3. The number of urea groups is 1. The van der Waals surface area contributed by atoms with Crippen molar-refractivity contribution < 1.29 is 4.79 Å². The maximum absolute atomic E-state index is 12.5. The van der Waals surface area contributed by atoms with E-state index in [9.17, 15) is 4.79 Å². The number of nitrogens with zero attached hydrogens (tertiary/aromatic N) is 5. The highest BCUT2D eigenvalue weighted by atomic mass is 35.5. The summed E-state index contributed by atoms with van der Waals surface area (Å²) in [5.41, 5.74) is 0.707. The molecule has 2 aromatic rings. The van der Waals surface area contributed by atoms with Gasteiger partial charge in [-0.15, -0.1) is 10.2 Å². The Kier molecular flexibility index (Phi) is 5.81. The molecule has 1 aromatic carbocycles. The van der Waals surface area contributed by atoms with E-state index in [0.29, 0.717) is 23.8 Å². The number of hydrogen-bond acceptors (Lipinski definition) is 5. The standard InChI is InChI=1S/C20H25ClN6O/c21-16-5-4-6-17(15-16)22-20(28)27-13-11-26(12-14-27)19-8-7-18(23-24-19)25-9-2-1-3-10-25/h4-8,15H,1-3,9-14H2,(H,22,28). The molecule has 28 heavy (non-hydrogen) atoms. The first kappa shape index (κ1) is 18.8. The first-order chi connectivity index (χ1) is 13.7. The summed E-state index contributed by atoms with van der Waals surface area (Å²) in [5, 5.41) is 12.4. The van der Waals surface area contributed by atoms with Crippen LogP contribution in [0.15, 0.2) is 36.4 Å². The topological polar surface area (TPSA) is 64.6 Å². The van der Waals surface area contributed by atoms with E-state index in [0.717, 1.165) is 37.8 Å². The lowest BCUT2D eigenvalue weighted by atomic mass is 10.1. The number of aromatic nitrogens is 2. The van der Waals surface area contributed by atoms with Gasteiger partial charge in [-0.2, -0.15) is 0 Å². The monoisotopic (exact) mass is 400 g/mol. The Balaban J connectivity index is 1.30. The van der Waals surface area contributed by atoms with Crippen LogP contribution in [0, 0.1) is 0 Å². The number of halogens is 1. The summed E-state index contributed by atoms with van der Waals surface area (Å²) in [6.07, 6.45) is 3.75. The second-order valence-corrected chi connectivity index (χ2v) is 7.65. The molecular weight excluding hydrogens is 376 g/mol. The number of anilines is 3. The van der Waals surface area contributed by atoms with E-state index >= 15 is 0 Å². The molecule has 0 atom stereocenters. The van der Waals surface area contributed by atoms with Crippen molar-refractivity contribution in [1.29, 1.82) is 0 Å². The summed E-state index contributed by atoms with van der Waals surface area (Å²) in [6.45, 7) is 4.88. The van der Waals surface area contributed by atoms with Gasteiger partial charge in [0.15, 0.2) is 11.6 Å². The van der Waals surface area contributed by atoms with Crippen molar-refractivity contribution in [3.63, 3.8) is 0 Å². The van der Waals surface area contributed by atoms with E-state index in [1.165, 1.54) is 19.3 Å². The van der Waals surface area contributed by atoms with Crippen LogP contribution >= 0.6 is 11.6 Å². The van der Waals surface area contributed by atoms with Crippen LogP contribution < -0.4 is 15.1 Å². The smallest absolute Gasteiger partial charge is 0.321 e. The van der Waals surface area contributed by atoms with Crippen molar-refractivity contribution in [1.82, 2.24) is 15.1 Å². The number of benzene rings is 1.